The SMILES string of the molecule is [C-]#[N+]C(Cc1ccc2c(c1)CC2)(Cc1ccc2c(c1)CC2)C(=O)OCC. The van der Waals surface area contributed by atoms with E-state index in [9.17, 15) is 4.79 Å². The van der Waals surface area contributed by atoms with Crippen molar-refractivity contribution in [2.45, 2.75) is 51.0 Å². The molecule has 0 atom stereocenters. The molecule has 3 heteroatoms. The Balaban J connectivity index is 1.65. The molecule has 0 N–H and O–H groups in total. The minimum absolute atomic E-state index is 0.296. The fourth-order valence-electron chi connectivity index (χ4n) is 3.99. The van der Waals surface area contributed by atoms with Crippen LogP contribution in [0.15, 0.2) is 36.4 Å². The average molecular weight is 345 g/mol. The van der Waals surface area contributed by atoms with Crippen molar-refractivity contribution in [3.8, 4) is 0 Å². The fourth-order valence-corrected chi connectivity index (χ4v) is 3.99. The largest absolute Gasteiger partial charge is 0.460 e. The third-order valence-electron chi connectivity index (χ3n) is 5.73. The van der Waals surface area contributed by atoms with E-state index in [2.05, 4.69) is 41.2 Å². The summed E-state index contributed by atoms with van der Waals surface area (Å²) >= 11 is 0. The van der Waals surface area contributed by atoms with Crippen molar-refractivity contribution in [3.63, 3.8) is 0 Å². The molecule has 0 heterocycles. The maximum Gasteiger partial charge on any atom is 0.394 e. The minimum Gasteiger partial charge on any atom is -0.460 e. The van der Waals surface area contributed by atoms with E-state index in [0.29, 0.717) is 19.4 Å². The van der Waals surface area contributed by atoms with Gasteiger partial charge in [-0.25, -0.2) is 11.4 Å². The molecule has 0 unspecified atom stereocenters. The highest BCUT2D eigenvalue weighted by Gasteiger charge is 2.47. The van der Waals surface area contributed by atoms with Gasteiger partial charge in [0, 0.05) is 0 Å². The van der Waals surface area contributed by atoms with E-state index in [1.807, 2.05) is 0 Å². The van der Waals surface area contributed by atoms with Crippen molar-refractivity contribution < 1.29 is 9.53 Å². The molecule has 2 aliphatic rings. The summed E-state index contributed by atoms with van der Waals surface area (Å²) in [4.78, 5) is 16.6. The van der Waals surface area contributed by atoms with Crippen molar-refractivity contribution in [3.05, 3.63) is 81.2 Å². The second-order valence-corrected chi connectivity index (χ2v) is 7.42. The topological polar surface area (TPSA) is 30.7 Å². The highest BCUT2D eigenvalue weighted by molar-refractivity contribution is 5.84. The van der Waals surface area contributed by atoms with Gasteiger partial charge < -0.3 is 4.74 Å². The molecule has 2 aliphatic carbocycles. The number of hydrogen-bond acceptors (Lipinski definition) is 2. The van der Waals surface area contributed by atoms with E-state index in [1.165, 1.54) is 22.3 Å². The molecule has 0 spiro atoms. The molecule has 0 saturated heterocycles. The average Bonchev–Trinajstić information content (AvgIpc) is 2.59. The Morgan fingerprint density at radius 3 is 1.81 bits per heavy atom. The van der Waals surface area contributed by atoms with E-state index < -0.39 is 11.5 Å². The Morgan fingerprint density at radius 2 is 1.46 bits per heavy atom. The summed E-state index contributed by atoms with van der Waals surface area (Å²) in [6, 6.07) is 12.7. The number of fused-ring (bicyclic) bond motifs is 2. The molecule has 132 valence electrons. The Morgan fingerprint density at radius 1 is 0.962 bits per heavy atom. The van der Waals surface area contributed by atoms with E-state index in [4.69, 9.17) is 11.3 Å². The summed E-state index contributed by atoms with van der Waals surface area (Å²) in [7, 11) is 0. The molecule has 0 aliphatic heterocycles. The fraction of sp³-hybridized carbons (Fsp3) is 0.391. The number of nitrogens with zero attached hydrogens (tertiary/aromatic N) is 1. The first-order valence-corrected chi connectivity index (χ1v) is 9.41. The van der Waals surface area contributed by atoms with Crippen LogP contribution in [0.25, 0.3) is 4.85 Å². The molecular weight excluding hydrogens is 322 g/mol. The first kappa shape index (κ1) is 16.8. The zero-order valence-electron chi connectivity index (χ0n) is 15.2. The lowest BCUT2D eigenvalue weighted by atomic mass is 9.80. The number of carbonyl (C=O) groups excluding carboxylic acids is 1. The van der Waals surface area contributed by atoms with Crippen molar-refractivity contribution in [2.24, 2.45) is 0 Å². The van der Waals surface area contributed by atoms with E-state index >= 15 is 0 Å². The minimum atomic E-state index is -1.19. The van der Waals surface area contributed by atoms with Gasteiger partial charge in [-0.3, -0.25) is 4.85 Å². The molecule has 0 bridgehead atoms. The van der Waals surface area contributed by atoms with Gasteiger partial charge in [0.05, 0.1) is 19.4 Å². The zero-order chi connectivity index (χ0) is 18.1. The number of rotatable bonds is 6. The second-order valence-electron chi connectivity index (χ2n) is 7.42. The highest BCUT2D eigenvalue weighted by Crippen LogP contribution is 2.31. The lowest BCUT2D eigenvalue weighted by Gasteiger charge is -2.24. The molecule has 0 amide bonds. The number of ether oxygens (including phenoxy) is 1. The maximum absolute atomic E-state index is 12.8. The maximum atomic E-state index is 12.8. The molecule has 0 fully saturated rings. The number of aryl methyl sites for hydroxylation is 4. The predicted octanol–water partition coefficient (Wildman–Crippen LogP) is 3.89. The first-order chi connectivity index (χ1) is 12.6. The summed E-state index contributed by atoms with van der Waals surface area (Å²) in [5.74, 6) is -0.402. The normalized spacial score (nSPS) is 14.3. The molecule has 2 aromatic carbocycles. The lowest BCUT2D eigenvalue weighted by Crippen LogP contribution is -2.41. The van der Waals surface area contributed by atoms with Crippen LogP contribution in [0.5, 0.6) is 0 Å². The molecular formula is C23H23NO2. The smallest absolute Gasteiger partial charge is 0.394 e. The Labute approximate surface area is 154 Å². The van der Waals surface area contributed by atoms with Crippen molar-refractivity contribution >= 4 is 5.97 Å². The van der Waals surface area contributed by atoms with Crippen LogP contribution in [0, 0.1) is 6.57 Å². The Kier molecular flexibility index (Phi) is 4.28. The molecule has 0 aromatic heterocycles. The molecule has 4 rings (SSSR count). The Hall–Kier alpha value is -2.60. The van der Waals surface area contributed by atoms with Gasteiger partial charge in [-0.2, -0.15) is 0 Å². The second kappa shape index (κ2) is 6.61. The zero-order valence-corrected chi connectivity index (χ0v) is 15.2. The quantitative estimate of drug-likeness (QED) is 0.587. The molecule has 26 heavy (non-hydrogen) atoms. The highest BCUT2D eigenvalue weighted by atomic mass is 16.5. The molecule has 2 aromatic rings. The summed E-state index contributed by atoms with van der Waals surface area (Å²) in [6.45, 7) is 9.95. The van der Waals surface area contributed by atoms with Crippen molar-refractivity contribution in [1.29, 1.82) is 0 Å². The van der Waals surface area contributed by atoms with E-state index in [0.717, 1.165) is 36.8 Å². The summed E-state index contributed by atoms with van der Waals surface area (Å²) in [5.41, 5.74) is 6.40. The van der Waals surface area contributed by atoms with Gasteiger partial charge in [0.25, 0.3) is 0 Å². The van der Waals surface area contributed by atoms with Gasteiger partial charge in [0.2, 0.25) is 0 Å². The van der Waals surface area contributed by atoms with Crippen LogP contribution >= 0.6 is 0 Å². The third kappa shape index (κ3) is 2.90. The van der Waals surface area contributed by atoms with Crippen LogP contribution in [-0.2, 0) is 48.1 Å². The standard InChI is InChI=1S/C23H23NO2/c1-3-26-22(25)23(24-2,14-16-4-6-18-8-10-20(18)12-16)15-17-5-7-19-9-11-21(19)13-17/h4-7,12-13H,3,8-11,14-15H2,1H3. The first-order valence-electron chi connectivity index (χ1n) is 9.41. The number of benzene rings is 2. The van der Waals surface area contributed by atoms with Crippen molar-refractivity contribution in [2.75, 3.05) is 6.61 Å². The third-order valence-corrected chi connectivity index (χ3v) is 5.73. The molecule has 0 saturated carbocycles. The van der Waals surface area contributed by atoms with Gasteiger partial charge in [-0.15, -0.1) is 0 Å². The monoisotopic (exact) mass is 345 g/mol. The number of carbonyl (C=O) groups is 1. The molecule has 0 radical (unpaired) electrons. The molecule has 3 nitrogen and oxygen atoms in total. The van der Waals surface area contributed by atoms with Crippen molar-refractivity contribution in [1.82, 2.24) is 0 Å². The van der Waals surface area contributed by atoms with Crippen LogP contribution in [0.3, 0.4) is 0 Å². The predicted molar refractivity (Wildman–Crippen MR) is 101 cm³/mol. The Bertz CT molecular complexity index is 849. The van der Waals surface area contributed by atoms with Gasteiger partial charge >= 0.3 is 11.5 Å². The lowest BCUT2D eigenvalue weighted by molar-refractivity contribution is -0.147. The van der Waals surface area contributed by atoms with E-state index in [1.54, 1.807) is 6.92 Å². The van der Waals surface area contributed by atoms with Crippen LogP contribution < -0.4 is 0 Å². The summed E-state index contributed by atoms with van der Waals surface area (Å²) in [5, 5.41) is 0. The van der Waals surface area contributed by atoms with Gasteiger partial charge in [0.1, 0.15) is 0 Å². The van der Waals surface area contributed by atoms with Gasteiger partial charge in [-0.05, 0) is 66.0 Å². The van der Waals surface area contributed by atoms with Crippen LogP contribution in [0.4, 0.5) is 0 Å². The summed E-state index contributed by atoms with van der Waals surface area (Å²) in [6.07, 6.45) is 5.27. The van der Waals surface area contributed by atoms with E-state index in [-0.39, 0.29) is 0 Å². The van der Waals surface area contributed by atoms with Gasteiger partial charge in [-0.1, -0.05) is 36.4 Å². The number of esters is 1. The van der Waals surface area contributed by atoms with Crippen LogP contribution in [-0.4, -0.2) is 18.1 Å². The summed E-state index contributed by atoms with van der Waals surface area (Å²) < 4.78 is 5.33. The van der Waals surface area contributed by atoms with Gasteiger partial charge in [0.15, 0.2) is 0 Å². The number of hydrogen-bond donors (Lipinski definition) is 0. The van der Waals surface area contributed by atoms with Crippen LogP contribution in [0.2, 0.25) is 0 Å². The van der Waals surface area contributed by atoms with Crippen LogP contribution in [0.1, 0.15) is 40.3 Å².